The van der Waals surface area contributed by atoms with Crippen molar-refractivity contribution in [2.75, 3.05) is 4.90 Å². The van der Waals surface area contributed by atoms with Crippen molar-refractivity contribution >= 4 is 5.69 Å². The number of hydrogen-bond donors (Lipinski definition) is 0. The van der Waals surface area contributed by atoms with Crippen molar-refractivity contribution in [1.82, 2.24) is 0 Å². The molecule has 1 rings (SSSR count). The Morgan fingerprint density at radius 3 is 2.29 bits per heavy atom. The summed E-state index contributed by atoms with van der Waals surface area (Å²) in [7, 11) is 0. The molecule has 1 aromatic rings. The maximum atomic E-state index is 2.17. The van der Waals surface area contributed by atoms with E-state index in [9.17, 15) is 0 Å². The van der Waals surface area contributed by atoms with Gasteiger partial charge >= 0.3 is 0 Å². The van der Waals surface area contributed by atoms with Gasteiger partial charge in [-0.3, -0.25) is 0 Å². The zero-order valence-electron chi connectivity index (χ0n) is 9.07. The monoisotopic (exact) mass is 187 g/mol. The number of para-hydroxylation sites is 1. The molecule has 1 aromatic carbocycles. The molecule has 1 heteroatoms. The van der Waals surface area contributed by atoms with Gasteiger partial charge in [-0.1, -0.05) is 30.4 Å². The third-order valence-corrected chi connectivity index (χ3v) is 2.13. The van der Waals surface area contributed by atoms with Crippen molar-refractivity contribution in [3.63, 3.8) is 0 Å². The van der Waals surface area contributed by atoms with Gasteiger partial charge in [0.1, 0.15) is 0 Å². The van der Waals surface area contributed by atoms with E-state index in [-0.39, 0.29) is 0 Å². The zero-order valence-corrected chi connectivity index (χ0v) is 9.07. The first-order valence-corrected chi connectivity index (χ1v) is 4.89. The lowest BCUT2D eigenvalue weighted by molar-refractivity contribution is 1.14. The first-order valence-electron chi connectivity index (χ1n) is 4.89. The van der Waals surface area contributed by atoms with Crippen LogP contribution in [0.1, 0.15) is 20.8 Å². The summed E-state index contributed by atoms with van der Waals surface area (Å²) in [5.41, 5.74) is 2.43. The van der Waals surface area contributed by atoms with E-state index >= 15 is 0 Å². The van der Waals surface area contributed by atoms with E-state index < -0.39 is 0 Å². The molecule has 0 saturated carbocycles. The highest BCUT2D eigenvalue weighted by Gasteiger charge is 2.02. The standard InChI is InChI=1S/C13H17N/c1-4-11-14(12(3)5-2)13-9-7-6-8-10-13/h4-11H,1-3H3/b11-4?,12-5-. The van der Waals surface area contributed by atoms with Gasteiger partial charge in [-0.2, -0.15) is 0 Å². The maximum Gasteiger partial charge on any atom is 0.0451 e. The normalized spacial score (nSPS) is 12.1. The molecule has 0 aliphatic carbocycles. The van der Waals surface area contributed by atoms with Crippen molar-refractivity contribution in [2.45, 2.75) is 20.8 Å². The second-order valence-corrected chi connectivity index (χ2v) is 3.12. The predicted octanol–water partition coefficient (Wildman–Crippen LogP) is 3.95. The lowest BCUT2D eigenvalue weighted by Gasteiger charge is -2.20. The molecule has 0 bridgehead atoms. The molecule has 0 atom stereocenters. The highest BCUT2D eigenvalue weighted by atomic mass is 15.1. The van der Waals surface area contributed by atoms with Gasteiger partial charge in [-0.15, -0.1) is 0 Å². The van der Waals surface area contributed by atoms with Gasteiger partial charge < -0.3 is 4.90 Å². The van der Waals surface area contributed by atoms with E-state index in [1.165, 1.54) is 11.4 Å². The Morgan fingerprint density at radius 1 is 1.14 bits per heavy atom. The summed E-state index contributed by atoms with van der Waals surface area (Å²) in [4.78, 5) is 2.17. The summed E-state index contributed by atoms with van der Waals surface area (Å²) in [5.74, 6) is 0. The van der Waals surface area contributed by atoms with E-state index in [0.717, 1.165) is 0 Å². The third-order valence-electron chi connectivity index (χ3n) is 2.13. The summed E-state index contributed by atoms with van der Waals surface area (Å²) in [6, 6.07) is 10.3. The second-order valence-electron chi connectivity index (χ2n) is 3.12. The molecule has 14 heavy (non-hydrogen) atoms. The van der Waals surface area contributed by atoms with Crippen molar-refractivity contribution in [3.05, 3.63) is 54.4 Å². The Kier molecular flexibility index (Phi) is 3.99. The average Bonchev–Trinajstić information content (AvgIpc) is 2.26. The molecule has 0 amide bonds. The Balaban J connectivity index is 3.01. The maximum absolute atomic E-state index is 2.17. The molecular formula is C13H17N. The molecule has 0 saturated heterocycles. The quantitative estimate of drug-likeness (QED) is 0.692. The number of nitrogens with zero attached hydrogens (tertiary/aromatic N) is 1. The molecule has 0 aliphatic heterocycles. The number of rotatable bonds is 3. The molecule has 74 valence electrons. The smallest absolute Gasteiger partial charge is 0.0451 e. The van der Waals surface area contributed by atoms with Crippen molar-refractivity contribution in [2.24, 2.45) is 0 Å². The van der Waals surface area contributed by atoms with E-state index in [4.69, 9.17) is 0 Å². The number of benzene rings is 1. The van der Waals surface area contributed by atoms with Crippen LogP contribution in [-0.4, -0.2) is 0 Å². The van der Waals surface area contributed by atoms with Crippen LogP contribution >= 0.6 is 0 Å². The molecule has 0 aromatic heterocycles. The Hall–Kier alpha value is -1.50. The lowest BCUT2D eigenvalue weighted by atomic mass is 10.2. The first kappa shape index (κ1) is 10.6. The van der Waals surface area contributed by atoms with Gasteiger partial charge in [0.05, 0.1) is 0 Å². The summed E-state index contributed by atoms with van der Waals surface area (Å²) < 4.78 is 0. The molecule has 0 fully saturated rings. The van der Waals surface area contributed by atoms with Crippen LogP contribution in [0.2, 0.25) is 0 Å². The molecule has 0 heterocycles. The Morgan fingerprint density at radius 2 is 1.79 bits per heavy atom. The molecular weight excluding hydrogens is 170 g/mol. The lowest BCUT2D eigenvalue weighted by Crippen LogP contribution is -2.12. The van der Waals surface area contributed by atoms with Crippen LogP contribution in [0.25, 0.3) is 0 Å². The fraction of sp³-hybridized carbons (Fsp3) is 0.231. The third kappa shape index (κ3) is 2.49. The van der Waals surface area contributed by atoms with Crippen LogP contribution in [0, 0.1) is 0 Å². The van der Waals surface area contributed by atoms with E-state index in [0.29, 0.717) is 0 Å². The number of anilines is 1. The van der Waals surface area contributed by atoms with Gasteiger partial charge in [0.15, 0.2) is 0 Å². The van der Waals surface area contributed by atoms with Crippen LogP contribution in [0.4, 0.5) is 5.69 Å². The van der Waals surface area contributed by atoms with E-state index in [1.54, 1.807) is 0 Å². The minimum absolute atomic E-state index is 1.20. The molecule has 0 unspecified atom stereocenters. The van der Waals surface area contributed by atoms with Gasteiger partial charge in [0.2, 0.25) is 0 Å². The molecule has 0 radical (unpaired) electrons. The molecule has 0 N–H and O–H groups in total. The van der Waals surface area contributed by atoms with Gasteiger partial charge in [0.25, 0.3) is 0 Å². The molecule has 0 aliphatic rings. The Labute approximate surface area is 86.4 Å². The highest BCUT2D eigenvalue weighted by molar-refractivity contribution is 5.54. The van der Waals surface area contributed by atoms with E-state index in [2.05, 4.69) is 55.3 Å². The number of allylic oxidation sites excluding steroid dienone is 3. The van der Waals surface area contributed by atoms with Crippen molar-refractivity contribution in [3.8, 4) is 0 Å². The van der Waals surface area contributed by atoms with Crippen LogP contribution in [-0.2, 0) is 0 Å². The summed E-state index contributed by atoms with van der Waals surface area (Å²) >= 11 is 0. The van der Waals surface area contributed by atoms with E-state index in [1.807, 2.05) is 19.1 Å². The van der Waals surface area contributed by atoms with Crippen LogP contribution in [0.3, 0.4) is 0 Å². The summed E-state index contributed by atoms with van der Waals surface area (Å²) in [6.07, 6.45) is 6.22. The number of hydrogen-bond acceptors (Lipinski definition) is 1. The SMILES string of the molecule is CC=CN(/C(C)=C\C)c1ccccc1. The van der Waals surface area contributed by atoms with Gasteiger partial charge in [0, 0.05) is 17.6 Å². The average molecular weight is 187 g/mol. The van der Waals surface area contributed by atoms with Crippen LogP contribution < -0.4 is 4.90 Å². The molecule has 0 spiro atoms. The molecule has 1 nitrogen and oxygen atoms in total. The van der Waals surface area contributed by atoms with Crippen molar-refractivity contribution < 1.29 is 0 Å². The fourth-order valence-electron chi connectivity index (χ4n) is 1.28. The van der Waals surface area contributed by atoms with Crippen molar-refractivity contribution in [1.29, 1.82) is 0 Å². The topological polar surface area (TPSA) is 3.24 Å². The zero-order chi connectivity index (χ0) is 10.4. The highest BCUT2D eigenvalue weighted by Crippen LogP contribution is 2.18. The summed E-state index contributed by atoms with van der Waals surface area (Å²) in [5, 5.41) is 0. The fourth-order valence-corrected chi connectivity index (χ4v) is 1.28. The van der Waals surface area contributed by atoms with Gasteiger partial charge in [-0.25, -0.2) is 0 Å². The minimum atomic E-state index is 1.20. The van der Waals surface area contributed by atoms with Crippen LogP contribution in [0.5, 0.6) is 0 Å². The summed E-state index contributed by atoms with van der Waals surface area (Å²) in [6.45, 7) is 6.18. The van der Waals surface area contributed by atoms with Gasteiger partial charge in [-0.05, 0) is 32.9 Å². The minimum Gasteiger partial charge on any atom is -0.322 e. The Bertz CT molecular complexity index is 322. The largest absolute Gasteiger partial charge is 0.322 e. The van der Waals surface area contributed by atoms with Crippen LogP contribution in [0.15, 0.2) is 54.4 Å². The first-order chi connectivity index (χ1) is 6.79. The predicted molar refractivity (Wildman–Crippen MR) is 63.2 cm³/mol. The second kappa shape index (κ2) is 5.28.